The van der Waals surface area contributed by atoms with Crippen molar-refractivity contribution in [2.45, 2.75) is 40.0 Å². The van der Waals surface area contributed by atoms with E-state index in [1.165, 1.54) is 0 Å². The molecule has 0 spiro atoms. The Labute approximate surface area is 179 Å². The molecule has 1 atom stereocenters. The van der Waals surface area contributed by atoms with Crippen LogP contribution >= 0.6 is 0 Å². The summed E-state index contributed by atoms with van der Waals surface area (Å²) in [4.78, 5) is 14.3. The van der Waals surface area contributed by atoms with Crippen molar-refractivity contribution in [2.75, 3.05) is 45.6 Å². The van der Waals surface area contributed by atoms with Crippen molar-refractivity contribution in [1.82, 2.24) is 9.21 Å². The topological polar surface area (TPSA) is 55.8 Å². The van der Waals surface area contributed by atoms with Crippen molar-refractivity contribution in [2.24, 2.45) is 5.41 Å². The number of carbonyl (C=O) groups is 1. The van der Waals surface area contributed by atoms with Gasteiger partial charge >= 0.3 is 0 Å². The molecule has 1 heterocycles. The Kier molecular flexibility index (Phi) is 9.21. The van der Waals surface area contributed by atoms with E-state index in [4.69, 9.17) is 4.74 Å². The second-order valence-corrected chi connectivity index (χ2v) is 10.2. The monoisotopic (exact) mass is 420 g/mol. The van der Waals surface area contributed by atoms with Gasteiger partial charge in [0.15, 0.2) is 0 Å². The molecule has 0 bridgehead atoms. The van der Waals surface area contributed by atoms with Crippen LogP contribution in [0.3, 0.4) is 0 Å². The number of amides is 1. The minimum absolute atomic E-state index is 0.0126. The highest BCUT2D eigenvalue weighted by atomic mass is 32.2. The molecule has 162 valence electrons. The van der Waals surface area contributed by atoms with Gasteiger partial charge < -0.3 is 14.2 Å². The highest BCUT2D eigenvalue weighted by Gasteiger charge is 2.31. The summed E-state index contributed by atoms with van der Waals surface area (Å²) in [6.45, 7) is 13.5. The largest absolute Gasteiger partial charge is 0.598 e. The Bertz CT molecular complexity index is 683. The van der Waals surface area contributed by atoms with Crippen LogP contribution in [0.4, 0.5) is 0 Å². The zero-order chi connectivity index (χ0) is 21.4. The van der Waals surface area contributed by atoms with Crippen molar-refractivity contribution in [3.63, 3.8) is 0 Å². The minimum Gasteiger partial charge on any atom is -0.598 e. The molecule has 6 heteroatoms. The van der Waals surface area contributed by atoms with E-state index in [0.29, 0.717) is 36.5 Å². The maximum atomic E-state index is 12.7. The Hall–Kier alpha value is -1.34. The third kappa shape index (κ3) is 7.45. The third-order valence-electron chi connectivity index (χ3n) is 5.65. The lowest BCUT2D eigenvalue weighted by atomic mass is 9.83. The molecule has 0 radical (unpaired) electrons. The second kappa shape index (κ2) is 11.2. The lowest BCUT2D eigenvalue weighted by Crippen LogP contribution is -2.42. The van der Waals surface area contributed by atoms with Gasteiger partial charge in [-0.3, -0.25) is 4.79 Å². The van der Waals surface area contributed by atoms with Crippen molar-refractivity contribution in [3.05, 3.63) is 47.5 Å². The molecular formula is C23H36N2O3S. The quantitative estimate of drug-likeness (QED) is 0.330. The molecule has 1 saturated heterocycles. The summed E-state index contributed by atoms with van der Waals surface area (Å²) in [5, 5.41) is 0. The van der Waals surface area contributed by atoms with E-state index in [2.05, 4.69) is 24.7 Å². The zero-order valence-electron chi connectivity index (χ0n) is 18.4. The molecule has 5 nitrogen and oxygen atoms in total. The molecule has 29 heavy (non-hydrogen) atoms. The first-order valence-electron chi connectivity index (χ1n) is 10.4. The first-order chi connectivity index (χ1) is 13.7. The molecule has 1 aromatic rings. The van der Waals surface area contributed by atoms with Crippen LogP contribution < -0.4 is 0 Å². The number of benzene rings is 1. The van der Waals surface area contributed by atoms with Crippen LogP contribution in [0.2, 0.25) is 0 Å². The standard InChI is InChI=1S/C23H36N2O3S/c1-6-15-28-16-14-24(5)22(26)21-8-7-20(19(2)18-21)9-17-29(27)25-12-10-23(3,4)11-13-25/h6-8,18H,1,9-17H2,2-5H3. The molecule has 1 unspecified atom stereocenters. The summed E-state index contributed by atoms with van der Waals surface area (Å²) in [5.74, 6) is 0.621. The van der Waals surface area contributed by atoms with E-state index in [-0.39, 0.29) is 5.91 Å². The molecule has 1 aliphatic heterocycles. The number of carbonyl (C=O) groups excluding carboxylic acids is 1. The Morgan fingerprint density at radius 3 is 2.69 bits per heavy atom. The number of hydrogen-bond donors (Lipinski definition) is 0. The van der Waals surface area contributed by atoms with Gasteiger partial charge in [-0.1, -0.05) is 26.0 Å². The second-order valence-electron chi connectivity index (χ2n) is 8.60. The van der Waals surface area contributed by atoms with Crippen molar-refractivity contribution in [3.8, 4) is 0 Å². The number of likely N-dealkylation sites (N-methyl/N-ethyl adjacent to an activating group) is 1. The van der Waals surface area contributed by atoms with Gasteiger partial charge in [-0.05, 0) is 48.4 Å². The van der Waals surface area contributed by atoms with Crippen LogP contribution in [0.15, 0.2) is 30.9 Å². The van der Waals surface area contributed by atoms with E-state index in [1.807, 2.05) is 25.1 Å². The molecule has 0 saturated carbocycles. The summed E-state index contributed by atoms with van der Waals surface area (Å²) >= 11 is -0.938. The Balaban J connectivity index is 1.85. The molecule has 1 amide bonds. The van der Waals surface area contributed by atoms with Gasteiger partial charge in [0.05, 0.1) is 13.2 Å². The molecule has 1 aromatic carbocycles. The van der Waals surface area contributed by atoms with Crippen molar-refractivity contribution < 1.29 is 14.1 Å². The first kappa shape index (κ1) is 23.9. The molecule has 1 fully saturated rings. The molecule has 0 N–H and O–H groups in total. The van der Waals surface area contributed by atoms with Gasteiger partial charge in [-0.2, -0.15) is 0 Å². The third-order valence-corrected chi connectivity index (χ3v) is 7.15. The molecule has 2 rings (SSSR count). The van der Waals surface area contributed by atoms with Crippen molar-refractivity contribution >= 4 is 17.3 Å². The summed E-state index contributed by atoms with van der Waals surface area (Å²) in [5.41, 5.74) is 3.27. The fraction of sp³-hybridized carbons (Fsp3) is 0.609. The average Bonchev–Trinajstić information content (AvgIpc) is 2.69. The minimum atomic E-state index is -0.938. The fourth-order valence-electron chi connectivity index (χ4n) is 3.42. The predicted molar refractivity (Wildman–Crippen MR) is 120 cm³/mol. The number of piperidine rings is 1. The van der Waals surface area contributed by atoms with E-state index in [9.17, 15) is 9.35 Å². The van der Waals surface area contributed by atoms with Gasteiger partial charge in [0.1, 0.15) is 5.75 Å². The normalized spacial score (nSPS) is 17.7. The number of nitrogens with zero attached hydrogens (tertiary/aromatic N) is 2. The van der Waals surface area contributed by atoms with Crippen LogP contribution in [0.25, 0.3) is 0 Å². The van der Waals surface area contributed by atoms with Crippen molar-refractivity contribution in [1.29, 1.82) is 0 Å². The molecular weight excluding hydrogens is 384 g/mol. The van der Waals surface area contributed by atoms with Gasteiger partial charge in [0.25, 0.3) is 5.91 Å². The first-order valence-corrected chi connectivity index (χ1v) is 11.7. The summed E-state index contributed by atoms with van der Waals surface area (Å²) in [6, 6.07) is 5.81. The van der Waals surface area contributed by atoms with Gasteiger partial charge in [-0.25, -0.2) is 0 Å². The molecule has 0 aliphatic carbocycles. The summed E-state index contributed by atoms with van der Waals surface area (Å²) < 4.78 is 20.1. The van der Waals surface area contributed by atoms with Crippen LogP contribution in [0.1, 0.15) is 48.2 Å². The van der Waals surface area contributed by atoms with Crippen LogP contribution in [0.5, 0.6) is 0 Å². The van der Waals surface area contributed by atoms with Gasteiger partial charge in [-0.15, -0.1) is 10.9 Å². The molecule has 0 aromatic heterocycles. The lowest BCUT2D eigenvalue weighted by molar-refractivity contribution is 0.0723. The lowest BCUT2D eigenvalue weighted by Gasteiger charge is -2.36. The molecule has 1 aliphatic rings. The highest BCUT2D eigenvalue weighted by Crippen LogP contribution is 2.31. The van der Waals surface area contributed by atoms with Gasteiger partial charge in [0, 0.05) is 50.0 Å². The zero-order valence-corrected chi connectivity index (χ0v) is 19.2. The number of rotatable bonds is 10. The summed E-state index contributed by atoms with van der Waals surface area (Å²) in [6.07, 6.45) is 4.66. The Morgan fingerprint density at radius 2 is 2.07 bits per heavy atom. The van der Waals surface area contributed by atoms with E-state index >= 15 is 0 Å². The number of hydrogen-bond acceptors (Lipinski definition) is 4. The van der Waals surface area contributed by atoms with Gasteiger partial charge in [0.2, 0.25) is 0 Å². The van der Waals surface area contributed by atoms with Crippen LogP contribution in [0, 0.1) is 12.3 Å². The number of ether oxygens (including phenoxy) is 1. The van der Waals surface area contributed by atoms with E-state index in [1.54, 1.807) is 18.0 Å². The predicted octanol–water partition coefficient (Wildman–Crippen LogP) is 3.60. The summed E-state index contributed by atoms with van der Waals surface area (Å²) in [7, 11) is 1.78. The van der Waals surface area contributed by atoms with Crippen LogP contribution in [-0.4, -0.2) is 65.3 Å². The van der Waals surface area contributed by atoms with E-state index in [0.717, 1.165) is 43.5 Å². The fourth-order valence-corrected chi connectivity index (χ4v) is 4.66. The maximum absolute atomic E-state index is 12.7. The smallest absolute Gasteiger partial charge is 0.253 e. The van der Waals surface area contributed by atoms with E-state index < -0.39 is 11.4 Å². The number of aryl methyl sites for hydroxylation is 2. The SMILES string of the molecule is C=CCOCCN(C)C(=O)c1ccc(CC[S+]([O-])N2CCC(C)(C)CC2)c(C)c1. The van der Waals surface area contributed by atoms with Crippen LogP contribution in [-0.2, 0) is 22.5 Å². The average molecular weight is 421 g/mol. The maximum Gasteiger partial charge on any atom is 0.253 e. The highest BCUT2D eigenvalue weighted by molar-refractivity contribution is 7.89. The Morgan fingerprint density at radius 1 is 1.38 bits per heavy atom.